The lowest BCUT2D eigenvalue weighted by molar-refractivity contribution is 0.461. The molecule has 0 fully saturated rings. The zero-order valence-corrected chi connectivity index (χ0v) is 17.2. The first-order valence-corrected chi connectivity index (χ1v) is 9.47. The van der Waals surface area contributed by atoms with Crippen LogP contribution in [0, 0.1) is 18.3 Å². The number of H-pyrrole nitrogens is 2. The van der Waals surface area contributed by atoms with Gasteiger partial charge < -0.3 is 4.74 Å². The third kappa shape index (κ3) is 3.59. The molecule has 31 heavy (non-hydrogen) atoms. The standard InChI is InChI=1S/C20H11Cl2N5O4/c1-9-3-2-4-12-15(9)18(29)25-26-19(12)31-16-13(21)5-11(6-14(16)22)27-8-10(7-23)17(28)24-20(27)30/h2-6,8H,1H3,(H,25,29)(H,24,28,30). The summed E-state index contributed by atoms with van der Waals surface area (Å²) in [4.78, 5) is 37.9. The van der Waals surface area contributed by atoms with Crippen molar-refractivity contribution in [2.75, 3.05) is 0 Å². The number of hydrogen-bond donors (Lipinski definition) is 2. The summed E-state index contributed by atoms with van der Waals surface area (Å²) in [6, 6.07) is 9.68. The van der Waals surface area contributed by atoms with Gasteiger partial charge in [0.05, 0.1) is 26.5 Å². The van der Waals surface area contributed by atoms with Crippen LogP contribution in [-0.2, 0) is 0 Å². The van der Waals surface area contributed by atoms with Gasteiger partial charge in [-0.2, -0.15) is 5.26 Å². The second-order valence-electron chi connectivity index (χ2n) is 6.48. The largest absolute Gasteiger partial charge is 0.434 e. The average molecular weight is 456 g/mol. The molecule has 4 aromatic rings. The van der Waals surface area contributed by atoms with Gasteiger partial charge in [-0.3, -0.25) is 19.1 Å². The van der Waals surface area contributed by atoms with E-state index >= 15 is 0 Å². The minimum absolute atomic E-state index is 0.0351. The third-order valence-electron chi connectivity index (χ3n) is 4.51. The SMILES string of the molecule is Cc1cccc2c(Oc3c(Cl)cc(-n4cc(C#N)c(=O)[nH]c4=O)cc3Cl)n[nH]c(=O)c12. The van der Waals surface area contributed by atoms with Crippen LogP contribution in [0.3, 0.4) is 0 Å². The molecule has 2 aromatic carbocycles. The van der Waals surface area contributed by atoms with Crippen molar-refractivity contribution >= 4 is 34.0 Å². The van der Waals surface area contributed by atoms with Crippen molar-refractivity contribution in [2.24, 2.45) is 0 Å². The Morgan fingerprint density at radius 1 is 1.13 bits per heavy atom. The number of aryl methyl sites for hydroxylation is 1. The Labute approximate surface area is 183 Å². The van der Waals surface area contributed by atoms with Crippen LogP contribution < -0.4 is 21.5 Å². The highest BCUT2D eigenvalue weighted by Crippen LogP contribution is 2.39. The summed E-state index contributed by atoms with van der Waals surface area (Å²) in [6.07, 6.45) is 1.09. The summed E-state index contributed by atoms with van der Waals surface area (Å²) < 4.78 is 6.83. The zero-order valence-electron chi connectivity index (χ0n) is 15.7. The number of rotatable bonds is 3. The number of fused-ring (bicyclic) bond motifs is 1. The van der Waals surface area contributed by atoms with E-state index in [-0.39, 0.29) is 38.5 Å². The highest BCUT2D eigenvalue weighted by Gasteiger charge is 2.17. The molecule has 0 radical (unpaired) electrons. The molecule has 0 aliphatic carbocycles. The molecule has 0 amide bonds. The van der Waals surface area contributed by atoms with Gasteiger partial charge in [-0.25, -0.2) is 9.89 Å². The molecule has 154 valence electrons. The maximum atomic E-state index is 12.2. The highest BCUT2D eigenvalue weighted by molar-refractivity contribution is 6.37. The lowest BCUT2D eigenvalue weighted by Crippen LogP contribution is -2.30. The molecule has 9 nitrogen and oxygen atoms in total. The van der Waals surface area contributed by atoms with E-state index in [2.05, 4.69) is 10.2 Å². The summed E-state index contributed by atoms with van der Waals surface area (Å²) in [7, 11) is 0. The molecule has 0 aliphatic rings. The zero-order chi connectivity index (χ0) is 22.3. The number of aromatic nitrogens is 4. The van der Waals surface area contributed by atoms with E-state index in [1.807, 2.05) is 4.98 Å². The van der Waals surface area contributed by atoms with Gasteiger partial charge in [0.25, 0.3) is 11.1 Å². The van der Waals surface area contributed by atoms with Crippen molar-refractivity contribution in [3.05, 3.63) is 88.9 Å². The summed E-state index contributed by atoms with van der Waals surface area (Å²) in [5.74, 6) is 0.134. The molecule has 0 bridgehead atoms. The molecule has 2 aromatic heterocycles. The maximum Gasteiger partial charge on any atom is 0.332 e. The number of halogens is 2. The van der Waals surface area contributed by atoms with E-state index in [0.29, 0.717) is 10.8 Å². The van der Waals surface area contributed by atoms with E-state index in [1.54, 1.807) is 31.2 Å². The van der Waals surface area contributed by atoms with Gasteiger partial charge in [0.1, 0.15) is 11.6 Å². The van der Waals surface area contributed by atoms with Crippen LogP contribution in [0.4, 0.5) is 0 Å². The minimum Gasteiger partial charge on any atom is -0.434 e. The number of aromatic amines is 2. The van der Waals surface area contributed by atoms with Gasteiger partial charge in [-0.05, 0) is 30.7 Å². The van der Waals surface area contributed by atoms with E-state index in [9.17, 15) is 14.4 Å². The Hall–Kier alpha value is -3.87. The fraction of sp³-hybridized carbons (Fsp3) is 0.0500. The predicted molar refractivity (Wildman–Crippen MR) is 115 cm³/mol. The average Bonchev–Trinajstić information content (AvgIpc) is 2.72. The third-order valence-corrected chi connectivity index (χ3v) is 5.07. The van der Waals surface area contributed by atoms with Crippen LogP contribution in [0.25, 0.3) is 16.5 Å². The maximum absolute atomic E-state index is 12.2. The number of benzene rings is 2. The lowest BCUT2D eigenvalue weighted by atomic mass is 10.1. The van der Waals surface area contributed by atoms with Crippen molar-refractivity contribution < 1.29 is 4.74 Å². The second kappa shape index (κ2) is 7.75. The lowest BCUT2D eigenvalue weighted by Gasteiger charge is -2.13. The summed E-state index contributed by atoms with van der Waals surface area (Å²) >= 11 is 12.7. The molecule has 4 rings (SSSR count). The first-order chi connectivity index (χ1) is 14.8. The highest BCUT2D eigenvalue weighted by atomic mass is 35.5. The predicted octanol–water partition coefficient (Wildman–Crippen LogP) is 3.04. The Bertz CT molecular complexity index is 1560. The summed E-state index contributed by atoms with van der Waals surface area (Å²) in [5, 5.41) is 16.3. The molecule has 2 N–H and O–H groups in total. The van der Waals surface area contributed by atoms with Gasteiger partial charge in [-0.1, -0.05) is 35.3 Å². The molecular formula is C20H11Cl2N5O4. The molecule has 0 spiro atoms. The van der Waals surface area contributed by atoms with Crippen LogP contribution in [0.1, 0.15) is 11.1 Å². The van der Waals surface area contributed by atoms with Crippen LogP contribution in [0.2, 0.25) is 10.0 Å². The van der Waals surface area contributed by atoms with Crippen LogP contribution in [-0.4, -0.2) is 19.7 Å². The number of nitrogens with one attached hydrogen (secondary N) is 2. The van der Waals surface area contributed by atoms with E-state index in [1.165, 1.54) is 12.1 Å². The molecule has 0 atom stereocenters. The first-order valence-electron chi connectivity index (χ1n) is 8.71. The van der Waals surface area contributed by atoms with Crippen LogP contribution in [0.5, 0.6) is 11.6 Å². The summed E-state index contributed by atoms with van der Waals surface area (Å²) in [5.41, 5.74) is -1.24. The van der Waals surface area contributed by atoms with Gasteiger partial charge in [0.2, 0.25) is 5.88 Å². The van der Waals surface area contributed by atoms with Crippen molar-refractivity contribution in [2.45, 2.75) is 6.92 Å². The van der Waals surface area contributed by atoms with Crippen LogP contribution in [0.15, 0.2) is 50.9 Å². The monoisotopic (exact) mass is 455 g/mol. The van der Waals surface area contributed by atoms with E-state index < -0.39 is 11.2 Å². The Kier molecular flexibility index (Phi) is 5.10. The number of ether oxygens (including phenoxy) is 1. The van der Waals surface area contributed by atoms with Crippen molar-refractivity contribution in [1.82, 2.24) is 19.7 Å². The Balaban J connectivity index is 1.83. The molecular weight excluding hydrogens is 445 g/mol. The van der Waals surface area contributed by atoms with Crippen LogP contribution >= 0.6 is 23.2 Å². The second-order valence-corrected chi connectivity index (χ2v) is 7.29. The van der Waals surface area contributed by atoms with Gasteiger partial charge in [0, 0.05) is 6.20 Å². The summed E-state index contributed by atoms with van der Waals surface area (Å²) in [6.45, 7) is 1.79. The van der Waals surface area contributed by atoms with E-state index in [0.717, 1.165) is 16.3 Å². The smallest absolute Gasteiger partial charge is 0.332 e. The normalized spacial score (nSPS) is 10.8. The van der Waals surface area contributed by atoms with E-state index in [4.69, 9.17) is 33.2 Å². The van der Waals surface area contributed by atoms with Gasteiger partial charge in [-0.15, -0.1) is 5.10 Å². The van der Waals surface area contributed by atoms with Crippen molar-refractivity contribution in [1.29, 1.82) is 5.26 Å². The van der Waals surface area contributed by atoms with Gasteiger partial charge in [0.15, 0.2) is 5.75 Å². The molecule has 0 aliphatic heterocycles. The number of nitriles is 1. The molecule has 0 saturated carbocycles. The number of nitrogens with zero attached hydrogens (tertiary/aromatic N) is 3. The first kappa shape index (κ1) is 20.4. The fourth-order valence-corrected chi connectivity index (χ4v) is 3.62. The topological polar surface area (TPSA) is 134 Å². The van der Waals surface area contributed by atoms with Gasteiger partial charge >= 0.3 is 5.69 Å². The molecule has 2 heterocycles. The minimum atomic E-state index is -0.799. The van der Waals surface area contributed by atoms with Crippen molar-refractivity contribution in [3.8, 4) is 23.4 Å². The molecule has 0 saturated heterocycles. The Morgan fingerprint density at radius 2 is 1.84 bits per heavy atom. The Morgan fingerprint density at radius 3 is 2.52 bits per heavy atom. The fourth-order valence-electron chi connectivity index (χ4n) is 3.07. The quantitative estimate of drug-likeness (QED) is 0.487. The number of hydrogen-bond acceptors (Lipinski definition) is 6. The van der Waals surface area contributed by atoms with Crippen molar-refractivity contribution in [3.63, 3.8) is 0 Å². The molecule has 11 heteroatoms. The molecule has 0 unspecified atom stereocenters.